The van der Waals surface area contributed by atoms with Crippen molar-refractivity contribution in [3.8, 4) is 11.5 Å². The number of benzene rings is 4. The summed E-state index contributed by atoms with van der Waals surface area (Å²) in [5.74, 6) is -1.82. The van der Waals surface area contributed by atoms with Crippen LogP contribution >= 0.6 is 11.6 Å². The number of ether oxygens (including phenoxy) is 2. The Morgan fingerprint density at radius 1 is 0.881 bits per heavy atom. The van der Waals surface area contributed by atoms with Crippen LogP contribution in [-0.2, 0) is 15.0 Å². The molecule has 9 heteroatoms. The van der Waals surface area contributed by atoms with E-state index >= 15 is 0 Å². The molecular weight excluding hydrogens is 554 g/mol. The Balaban J connectivity index is 1.27. The zero-order chi connectivity index (χ0) is 28.6. The maximum atomic E-state index is 14.4. The van der Waals surface area contributed by atoms with E-state index in [2.05, 4.69) is 10.5 Å². The lowest BCUT2D eigenvalue weighted by Crippen LogP contribution is -2.54. The molecule has 2 aliphatic heterocycles. The fourth-order valence-electron chi connectivity index (χ4n) is 7.22. The molecule has 42 heavy (non-hydrogen) atoms. The van der Waals surface area contributed by atoms with Gasteiger partial charge in [-0.05, 0) is 52.6 Å². The van der Waals surface area contributed by atoms with E-state index in [-0.39, 0.29) is 24.5 Å². The van der Waals surface area contributed by atoms with E-state index in [4.69, 9.17) is 21.1 Å². The van der Waals surface area contributed by atoms with Crippen LogP contribution in [0.4, 0.5) is 5.69 Å². The summed E-state index contributed by atoms with van der Waals surface area (Å²) >= 11 is 6.51. The Hall–Kier alpha value is -4.95. The molecule has 0 saturated carbocycles. The minimum absolute atomic E-state index is 0.0986. The van der Waals surface area contributed by atoms with Gasteiger partial charge in [0.15, 0.2) is 11.5 Å². The van der Waals surface area contributed by atoms with Crippen LogP contribution < -0.4 is 19.8 Å². The van der Waals surface area contributed by atoms with Gasteiger partial charge in [-0.2, -0.15) is 5.10 Å². The number of hydrogen-bond donors (Lipinski definition) is 1. The number of para-hydroxylation sites is 1. The second-order valence-corrected chi connectivity index (χ2v) is 11.2. The zero-order valence-corrected chi connectivity index (χ0v) is 22.7. The van der Waals surface area contributed by atoms with Crippen LogP contribution in [0.2, 0.25) is 5.02 Å². The number of carbonyl (C=O) groups excluding carboxylic acids is 3. The second-order valence-electron chi connectivity index (χ2n) is 10.8. The molecule has 3 amide bonds. The number of fused-ring (bicyclic) bond motifs is 1. The van der Waals surface area contributed by atoms with E-state index < -0.39 is 23.2 Å². The number of imide groups is 1. The van der Waals surface area contributed by atoms with Crippen LogP contribution in [0.15, 0.2) is 96.1 Å². The van der Waals surface area contributed by atoms with Gasteiger partial charge in [0.2, 0.25) is 18.6 Å². The Labute approximate surface area is 245 Å². The van der Waals surface area contributed by atoms with Crippen molar-refractivity contribution in [2.45, 2.75) is 11.3 Å². The Morgan fingerprint density at radius 2 is 1.55 bits per heavy atom. The Kier molecular flexibility index (Phi) is 5.33. The summed E-state index contributed by atoms with van der Waals surface area (Å²) in [6, 6.07) is 27.5. The Bertz CT molecular complexity index is 1820. The monoisotopic (exact) mass is 575 g/mol. The first-order valence-corrected chi connectivity index (χ1v) is 13.9. The molecule has 5 aliphatic rings. The predicted octanol–water partition coefficient (Wildman–Crippen LogP) is 5.04. The second kappa shape index (κ2) is 9.03. The molecule has 3 aliphatic carbocycles. The van der Waals surface area contributed by atoms with E-state index in [0.29, 0.717) is 27.8 Å². The smallest absolute Gasteiger partial charge is 0.271 e. The third-order valence-corrected chi connectivity index (χ3v) is 9.17. The molecule has 1 fully saturated rings. The molecule has 8 nitrogen and oxygen atoms in total. The van der Waals surface area contributed by atoms with Gasteiger partial charge in [0.1, 0.15) is 0 Å². The van der Waals surface area contributed by atoms with E-state index in [1.54, 1.807) is 48.7 Å². The number of amides is 3. The number of anilines is 1. The van der Waals surface area contributed by atoms with Crippen LogP contribution in [0.1, 0.15) is 38.5 Å². The molecule has 0 spiro atoms. The molecule has 0 radical (unpaired) electrons. The number of nitrogens with zero attached hydrogens (tertiary/aromatic N) is 2. The highest BCUT2D eigenvalue weighted by molar-refractivity contribution is 6.36. The molecule has 1 N–H and O–H groups in total. The summed E-state index contributed by atoms with van der Waals surface area (Å²) in [5.41, 5.74) is 5.93. The molecule has 4 aromatic rings. The summed E-state index contributed by atoms with van der Waals surface area (Å²) in [7, 11) is 0. The SMILES string of the molecule is O=C(N/N=C\C12c3ccccc3C(c3ccccc31)[C@H]1C(=O)N(c3ccccc3Cl)C(=O)[C@@H]12)c1ccc2c(c1)OCO2. The van der Waals surface area contributed by atoms with Gasteiger partial charge in [-0.25, -0.2) is 10.3 Å². The summed E-state index contributed by atoms with van der Waals surface area (Å²) in [6.07, 6.45) is 1.63. The third-order valence-electron chi connectivity index (χ3n) is 8.85. The van der Waals surface area contributed by atoms with Gasteiger partial charge in [0, 0.05) is 17.7 Å². The van der Waals surface area contributed by atoms with E-state index in [1.165, 1.54) is 4.90 Å². The maximum absolute atomic E-state index is 14.4. The van der Waals surface area contributed by atoms with Crippen molar-refractivity contribution in [3.63, 3.8) is 0 Å². The van der Waals surface area contributed by atoms with Crippen molar-refractivity contribution in [2.24, 2.45) is 16.9 Å². The highest BCUT2D eigenvalue weighted by atomic mass is 35.5. The number of hydrogen-bond acceptors (Lipinski definition) is 6. The van der Waals surface area contributed by atoms with Gasteiger partial charge in [0.05, 0.1) is 28.0 Å². The fraction of sp³-hybridized carbons (Fsp3) is 0.152. The highest BCUT2D eigenvalue weighted by Crippen LogP contribution is 2.63. The van der Waals surface area contributed by atoms with Crippen molar-refractivity contribution in [2.75, 3.05) is 11.7 Å². The van der Waals surface area contributed by atoms with Crippen LogP contribution in [0, 0.1) is 11.8 Å². The molecule has 9 rings (SSSR count). The van der Waals surface area contributed by atoms with Crippen molar-refractivity contribution in [3.05, 3.63) is 124 Å². The number of carbonyl (C=O) groups is 3. The number of halogens is 1. The van der Waals surface area contributed by atoms with E-state index in [1.807, 2.05) is 48.5 Å². The molecule has 0 unspecified atom stereocenters. The topological polar surface area (TPSA) is 97.3 Å². The minimum atomic E-state index is -1.11. The van der Waals surface area contributed by atoms with Crippen LogP contribution in [0.25, 0.3) is 0 Å². The van der Waals surface area contributed by atoms with E-state index in [9.17, 15) is 14.4 Å². The molecule has 2 heterocycles. The largest absolute Gasteiger partial charge is 0.454 e. The number of rotatable bonds is 4. The zero-order valence-electron chi connectivity index (χ0n) is 22.0. The maximum Gasteiger partial charge on any atom is 0.271 e. The summed E-state index contributed by atoms with van der Waals surface area (Å²) in [4.78, 5) is 43.0. The third kappa shape index (κ3) is 3.24. The standard InChI is InChI=1S/C33H22ClN3O5/c34-23-11-5-6-12-24(23)37-31(39)28-27-19-7-1-3-9-21(19)33(29(28)32(37)40,22-10-4-2-8-20(22)27)16-35-36-30(38)18-13-14-25-26(15-18)42-17-41-25/h1-16,27-29H,17H2,(H,36,38)/b35-16-/t27?,28-,29-,33?/m1/s1. The first-order valence-electron chi connectivity index (χ1n) is 13.6. The summed E-state index contributed by atoms with van der Waals surface area (Å²) in [5, 5.41) is 4.78. The van der Waals surface area contributed by atoms with Crippen molar-refractivity contribution in [1.82, 2.24) is 5.43 Å². The molecule has 206 valence electrons. The van der Waals surface area contributed by atoms with Gasteiger partial charge in [-0.3, -0.25) is 14.4 Å². The summed E-state index contributed by atoms with van der Waals surface area (Å²) in [6.45, 7) is 0.0986. The first kappa shape index (κ1) is 24.8. The van der Waals surface area contributed by atoms with Gasteiger partial charge in [-0.15, -0.1) is 0 Å². The van der Waals surface area contributed by atoms with Crippen molar-refractivity contribution >= 4 is 41.2 Å². The van der Waals surface area contributed by atoms with Gasteiger partial charge in [0.25, 0.3) is 5.91 Å². The minimum Gasteiger partial charge on any atom is -0.454 e. The average Bonchev–Trinajstić information content (AvgIpc) is 3.60. The van der Waals surface area contributed by atoms with Gasteiger partial charge in [-0.1, -0.05) is 72.3 Å². The molecule has 1 saturated heterocycles. The summed E-state index contributed by atoms with van der Waals surface area (Å²) < 4.78 is 10.7. The fourth-order valence-corrected chi connectivity index (χ4v) is 7.44. The molecule has 4 aromatic carbocycles. The Morgan fingerprint density at radius 3 is 2.29 bits per heavy atom. The van der Waals surface area contributed by atoms with Crippen LogP contribution in [-0.4, -0.2) is 30.7 Å². The predicted molar refractivity (Wildman–Crippen MR) is 155 cm³/mol. The lowest BCUT2D eigenvalue weighted by molar-refractivity contribution is -0.122. The normalized spacial score (nSPS) is 24.5. The van der Waals surface area contributed by atoms with Crippen LogP contribution in [0.3, 0.4) is 0 Å². The average molecular weight is 576 g/mol. The molecule has 0 aromatic heterocycles. The quantitative estimate of drug-likeness (QED) is 0.209. The lowest BCUT2D eigenvalue weighted by Gasteiger charge is -2.52. The van der Waals surface area contributed by atoms with Crippen molar-refractivity contribution in [1.29, 1.82) is 0 Å². The van der Waals surface area contributed by atoms with Crippen LogP contribution in [0.5, 0.6) is 11.5 Å². The number of nitrogens with one attached hydrogen (secondary N) is 1. The van der Waals surface area contributed by atoms with Gasteiger partial charge < -0.3 is 9.47 Å². The lowest BCUT2D eigenvalue weighted by atomic mass is 9.47. The molecule has 2 atom stereocenters. The number of hydrazone groups is 1. The van der Waals surface area contributed by atoms with Crippen molar-refractivity contribution < 1.29 is 23.9 Å². The highest BCUT2D eigenvalue weighted by Gasteiger charge is 2.68. The first-order chi connectivity index (χ1) is 20.5. The van der Waals surface area contributed by atoms with Gasteiger partial charge >= 0.3 is 0 Å². The molecular formula is C33H22ClN3O5. The van der Waals surface area contributed by atoms with E-state index in [0.717, 1.165) is 22.3 Å². The molecule has 2 bridgehead atoms.